The second-order valence-corrected chi connectivity index (χ2v) is 8.37. The normalized spacial score (nSPS) is 19.2. The van der Waals surface area contributed by atoms with Gasteiger partial charge in [-0.3, -0.25) is 0 Å². The van der Waals surface area contributed by atoms with Crippen LogP contribution in [0.15, 0.2) is 72.5 Å². The molecule has 1 aliphatic rings. The fourth-order valence-corrected chi connectivity index (χ4v) is 4.14. The first-order valence-corrected chi connectivity index (χ1v) is 10.2. The van der Waals surface area contributed by atoms with Crippen LogP contribution in [0.1, 0.15) is 5.56 Å². The first-order valence-electron chi connectivity index (χ1n) is 8.33. The summed E-state index contributed by atoms with van der Waals surface area (Å²) in [6, 6.07) is 15.8. The molecular weight excluding hydrogens is 362 g/mol. The lowest BCUT2D eigenvalue weighted by Crippen LogP contribution is -2.50. The molecule has 1 atom stereocenters. The molecule has 1 unspecified atom stereocenters. The van der Waals surface area contributed by atoms with Gasteiger partial charge in [0.05, 0.1) is 17.9 Å². The number of hydrogen-bond acceptors (Lipinski definition) is 5. The summed E-state index contributed by atoms with van der Waals surface area (Å²) in [4.78, 5) is 0. The van der Waals surface area contributed by atoms with E-state index in [0.717, 1.165) is 5.57 Å². The zero-order valence-corrected chi connectivity index (χ0v) is 15.7. The van der Waals surface area contributed by atoms with Crippen molar-refractivity contribution in [3.8, 4) is 17.6 Å². The molecule has 0 saturated heterocycles. The van der Waals surface area contributed by atoms with Crippen LogP contribution in [-0.2, 0) is 10.0 Å². The van der Waals surface area contributed by atoms with E-state index in [1.54, 1.807) is 54.7 Å². The van der Waals surface area contributed by atoms with Crippen LogP contribution < -0.4 is 14.4 Å². The number of nitrogens with two attached hydrogens (primary N) is 1. The number of sulfonamides is 1. The quantitative estimate of drug-likeness (QED) is 0.802. The molecule has 0 saturated carbocycles. The highest BCUT2D eigenvalue weighted by molar-refractivity contribution is 7.90. The Balaban J connectivity index is 1.91. The average molecular weight is 382 g/mol. The van der Waals surface area contributed by atoms with Gasteiger partial charge in [-0.05, 0) is 42.5 Å². The van der Waals surface area contributed by atoms with Crippen molar-refractivity contribution in [2.24, 2.45) is 5.73 Å². The van der Waals surface area contributed by atoms with Gasteiger partial charge in [0, 0.05) is 24.3 Å². The Hall–Kier alpha value is -2.92. The van der Waals surface area contributed by atoms with Gasteiger partial charge in [0.1, 0.15) is 24.2 Å². The second-order valence-electron chi connectivity index (χ2n) is 6.25. The summed E-state index contributed by atoms with van der Waals surface area (Å²) < 4.78 is 30.7. The van der Waals surface area contributed by atoms with Crippen LogP contribution in [0.3, 0.4) is 0 Å². The Morgan fingerprint density at radius 2 is 1.70 bits per heavy atom. The van der Waals surface area contributed by atoms with Crippen LogP contribution >= 0.6 is 0 Å². The smallest absolute Gasteiger partial charge is 0.303 e. The highest BCUT2D eigenvalue weighted by Gasteiger charge is 2.40. The molecule has 2 aromatic rings. The van der Waals surface area contributed by atoms with E-state index in [-0.39, 0.29) is 10.4 Å². The number of quaternary nitrogens is 1. The van der Waals surface area contributed by atoms with E-state index < -0.39 is 10.0 Å². The topological polar surface area (TPSA) is 93.2 Å². The highest BCUT2D eigenvalue weighted by Crippen LogP contribution is 2.33. The molecular formula is C20H20N3O3S+. The third-order valence-electron chi connectivity index (χ3n) is 4.40. The maximum absolute atomic E-state index is 12.6. The fourth-order valence-electron chi connectivity index (χ4n) is 2.95. The van der Waals surface area contributed by atoms with Gasteiger partial charge in [0.2, 0.25) is 0 Å². The minimum Gasteiger partial charge on any atom is -0.457 e. The van der Waals surface area contributed by atoms with Crippen LogP contribution in [0, 0.1) is 11.3 Å². The van der Waals surface area contributed by atoms with Crippen molar-refractivity contribution in [2.75, 3.05) is 19.3 Å². The molecule has 27 heavy (non-hydrogen) atoms. The van der Waals surface area contributed by atoms with E-state index >= 15 is 0 Å². The van der Waals surface area contributed by atoms with E-state index in [0.29, 0.717) is 29.3 Å². The Morgan fingerprint density at radius 3 is 2.22 bits per heavy atom. The van der Waals surface area contributed by atoms with Gasteiger partial charge in [0.25, 0.3) is 0 Å². The molecule has 138 valence electrons. The minimum atomic E-state index is -3.48. The Labute approximate surface area is 159 Å². The lowest BCUT2D eigenvalue weighted by Gasteiger charge is -2.33. The molecule has 0 aromatic heterocycles. The van der Waals surface area contributed by atoms with Gasteiger partial charge in [-0.15, -0.1) is 0 Å². The molecule has 3 rings (SSSR count). The molecule has 0 amide bonds. The molecule has 1 heterocycles. The van der Waals surface area contributed by atoms with Crippen molar-refractivity contribution in [1.82, 2.24) is 3.89 Å². The zero-order chi connectivity index (χ0) is 19.5. The number of rotatable bonds is 5. The van der Waals surface area contributed by atoms with Crippen molar-refractivity contribution >= 4 is 15.7 Å². The number of benzene rings is 2. The molecule has 0 radical (unpaired) electrons. The fraction of sp³-hybridized carbons (Fsp3) is 0.150. The summed E-state index contributed by atoms with van der Waals surface area (Å²) in [5.74, 6) is 1.17. The van der Waals surface area contributed by atoms with Crippen LogP contribution in [0.4, 0.5) is 5.69 Å². The Morgan fingerprint density at radius 1 is 1.11 bits per heavy atom. The molecule has 2 aromatic carbocycles. The molecule has 0 spiro atoms. The van der Waals surface area contributed by atoms with E-state index in [4.69, 9.17) is 15.7 Å². The summed E-state index contributed by atoms with van der Waals surface area (Å²) in [7, 11) is -3.48. The standard InChI is InChI=1S/C20H20N3O3S/c1-27(24,25)23(12-2-3-17(14-22)15-23)18-6-10-20(11-7-18)26-19-8-4-16(13-21)5-9-19/h2-11,15H,12,14,22H2,1H3/q+1. The average Bonchev–Trinajstić information content (AvgIpc) is 2.68. The summed E-state index contributed by atoms with van der Waals surface area (Å²) >= 11 is 0. The van der Waals surface area contributed by atoms with Crippen LogP contribution in [0.2, 0.25) is 0 Å². The van der Waals surface area contributed by atoms with Gasteiger partial charge in [0.15, 0.2) is 5.69 Å². The Bertz CT molecular complexity index is 1030. The van der Waals surface area contributed by atoms with Crippen LogP contribution in [-0.4, -0.2) is 27.8 Å². The lowest BCUT2D eigenvalue weighted by atomic mass is 10.2. The minimum absolute atomic E-state index is 0.270. The predicted octanol–water partition coefficient (Wildman–Crippen LogP) is 3.03. The predicted molar refractivity (Wildman–Crippen MR) is 105 cm³/mol. The van der Waals surface area contributed by atoms with Gasteiger partial charge in [-0.25, -0.2) is 0 Å². The lowest BCUT2D eigenvalue weighted by molar-refractivity contribution is 0.481. The van der Waals surface area contributed by atoms with Crippen molar-refractivity contribution in [3.05, 3.63) is 78.0 Å². The van der Waals surface area contributed by atoms with Crippen LogP contribution in [0.25, 0.3) is 0 Å². The van der Waals surface area contributed by atoms with E-state index in [9.17, 15) is 8.42 Å². The molecule has 0 aliphatic carbocycles. The molecule has 1 aliphatic heterocycles. The second kappa shape index (κ2) is 7.37. The number of hydrogen-bond donors (Lipinski definition) is 1. The summed E-state index contributed by atoms with van der Waals surface area (Å²) in [5, 5.41) is 8.84. The summed E-state index contributed by atoms with van der Waals surface area (Å²) in [6.45, 7) is 0.573. The van der Waals surface area contributed by atoms with Crippen molar-refractivity contribution in [1.29, 1.82) is 5.26 Å². The Kier molecular flexibility index (Phi) is 5.15. The largest absolute Gasteiger partial charge is 0.457 e. The van der Waals surface area contributed by atoms with Crippen LogP contribution in [0.5, 0.6) is 11.5 Å². The molecule has 6 nitrogen and oxygen atoms in total. The van der Waals surface area contributed by atoms with E-state index in [2.05, 4.69) is 6.07 Å². The molecule has 0 bridgehead atoms. The van der Waals surface area contributed by atoms with Crippen molar-refractivity contribution < 1.29 is 13.2 Å². The van der Waals surface area contributed by atoms with Gasteiger partial charge >= 0.3 is 10.0 Å². The van der Waals surface area contributed by atoms with Gasteiger partial charge in [-0.1, -0.05) is 6.08 Å². The summed E-state index contributed by atoms with van der Waals surface area (Å²) in [5.41, 5.74) is 7.64. The number of nitriles is 1. The maximum Gasteiger partial charge on any atom is 0.303 e. The molecule has 7 heteroatoms. The van der Waals surface area contributed by atoms with Gasteiger partial charge in [-0.2, -0.15) is 17.6 Å². The van der Waals surface area contributed by atoms with E-state index in [1.807, 2.05) is 12.2 Å². The van der Waals surface area contributed by atoms with Crippen molar-refractivity contribution in [3.63, 3.8) is 0 Å². The molecule has 2 N–H and O–H groups in total. The summed E-state index contributed by atoms with van der Waals surface area (Å²) in [6.07, 6.45) is 6.58. The monoisotopic (exact) mass is 382 g/mol. The van der Waals surface area contributed by atoms with Gasteiger partial charge < -0.3 is 10.5 Å². The third-order valence-corrected chi connectivity index (χ3v) is 6.05. The third kappa shape index (κ3) is 3.78. The SMILES string of the molecule is CS(=O)(=O)[N+]1(c2ccc(Oc3ccc(C#N)cc3)cc2)C=C(CN)C=CC1. The first kappa shape index (κ1) is 18.9. The molecule has 0 fully saturated rings. The number of nitrogens with zero attached hydrogens (tertiary/aromatic N) is 2. The number of ether oxygens (including phenoxy) is 1. The highest BCUT2D eigenvalue weighted by atomic mass is 32.2. The van der Waals surface area contributed by atoms with Crippen molar-refractivity contribution in [2.45, 2.75) is 0 Å². The maximum atomic E-state index is 12.6. The van der Waals surface area contributed by atoms with E-state index in [1.165, 1.54) is 6.26 Å². The first-order chi connectivity index (χ1) is 12.9. The zero-order valence-electron chi connectivity index (χ0n) is 14.9.